The highest BCUT2D eigenvalue weighted by atomic mass is 32.2. The largest absolute Gasteiger partial charge is 0.347 e. The highest BCUT2D eigenvalue weighted by Crippen LogP contribution is 2.25. The molecular weight excluding hydrogens is 314 g/mol. The molecule has 21 heavy (non-hydrogen) atoms. The zero-order chi connectivity index (χ0) is 15.6. The molecule has 1 fully saturated rings. The van der Waals surface area contributed by atoms with Gasteiger partial charge in [0.1, 0.15) is 5.37 Å². The second-order valence-corrected chi connectivity index (χ2v) is 8.20. The van der Waals surface area contributed by atoms with Crippen molar-refractivity contribution < 1.29 is 8.42 Å². The van der Waals surface area contributed by atoms with Gasteiger partial charge in [0.25, 0.3) is 0 Å². The van der Waals surface area contributed by atoms with Crippen LogP contribution in [-0.4, -0.2) is 67.1 Å². The summed E-state index contributed by atoms with van der Waals surface area (Å²) in [4.78, 5) is 16.0. The van der Waals surface area contributed by atoms with E-state index in [9.17, 15) is 8.42 Å². The van der Waals surface area contributed by atoms with Crippen LogP contribution in [0.25, 0.3) is 0 Å². The molecule has 0 aromatic carbocycles. The predicted molar refractivity (Wildman–Crippen MR) is 85.3 cm³/mol. The van der Waals surface area contributed by atoms with Crippen LogP contribution in [0.1, 0.15) is 0 Å². The second-order valence-electron chi connectivity index (χ2n) is 4.85. The van der Waals surface area contributed by atoms with Crippen LogP contribution in [0, 0.1) is 0 Å². The fraction of sp³-hybridized carbons (Fsp3) is 0.700. The zero-order valence-corrected chi connectivity index (χ0v) is 13.8. The third-order valence-electron chi connectivity index (χ3n) is 2.98. The van der Waals surface area contributed by atoms with Crippen LogP contribution in [-0.2, 0) is 9.84 Å². The Hall–Kier alpha value is -1.33. The van der Waals surface area contributed by atoms with Crippen LogP contribution in [0.2, 0.25) is 0 Å². The highest BCUT2D eigenvalue weighted by Gasteiger charge is 2.33. The van der Waals surface area contributed by atoms with Gasteiger partial charge in [0.15, 0.2) is 9.84 Å². The number of nitrogen functional groups attached to an aromatic ring is 1. The molecule has 2 heterocycles. The molecule has 11 heteroatoms. The van der Waals surface area contributed by atoms with Gasteiger partial charge in [-0.05, 0) is 0 Å². The van der Waals surface area contributed by atoms with Gasteiger partial charge in [-0.3, -0.25) is 5.43 Å². The Morgan fingerprint density at radius 2 is 2.10 bits per heavy atom. The molecule has 1 unspecified atom stereocenters. The molecule has 1 saturated heterocycles. The molecule has 9 nitrogen and oxygen atoms in total. The van der Waals surface area contributed by atoms with Crippen LogP contribution in [0.3, 0.4) is 0 Å². The Bertz CT molecular complexity index is 607. The molecule has 0 saturated carbocycles. The molecule has 118 valence electrons. The Labute approximate surface area is 128 Å². The van der Waals surface area contributed by atoms with Crippen molar-refractivity contribution in [1.82, 2.24) is 15.0 Å². The smallest absolute Gasteiger partial charge is 0.243 e. The van der Waals surface area contributed by atoms with Gasteiger partial charge in [0.05, 0.1) is 0 Å². The van der Waals surface area contributed by atoms with E-state index in [0.717, 1.165) is 5.75 Å². The van der Waals surface area contributed by atoms with Gasteiger partial charge in [-0.2, -0.15) is 26.7 Å². The summed E-state index contributed by atoms with van der Waals surface area (Å²) in [5.41, 5.74) is 2.39. The number of aromatic nitrogens is 3. The second kappa shape index (κ2) is 6.20. The van der Waals surface area contributed by atoms with E-state index >= 15 is 0 Å². The van der Waals surface area contributed by atoms with E-state index in [2.05, 4.69) is 20.4 Å². The maximum Gasteiger partial charge on any atom is 0.243 e. The van der Waals surface area contributed by atoms with Crippen molar-refractivity contribution in [2.45, 2.75) is 5.37 Å². The number of rotatable bonds is 4. The fourth-order valence-electron chi connectivity index (χ4n) is 1.91. The lowest BCUT2D eigenvalue weighted by molar-refractivity contribution is 0.582. The van der Waals surface area contributed by atoms with E-state index in [1.807, 2.05) is 0 Å². The maximum absolute atomic E-state index is 12.0. The molecule has 0 spiro atoms. The fourth-order valence-corrected chi connectivity index (χ4v) is 4.72. The van der Waals surface area contributed by atoms with Crippen molar-refractivity contribution in [3.63, 3.8) is 0 Å². The minimum absolute atomic E-state index is 0.203. The summed E-state index contributed by atoms with van der Waals surface area (Å²) < 4.78 is 23.9. The van der Waals surface area contributed by atoms with Gasteiger partial charge in [0, 0.05) is 38.4 Å². The molecule has 1 aromatic rings. The molecule has 1 aliphatic rings. The monoisotopic (exact) mass is 333 g/mol. The lowest BCUT2D eigenvalue weighted by Gasteiger charge is -2.34. The van der Waals surface area contributed by atoms with Gasteiger partial charge in [-0.25, -0.2) is 14.3 Å². The van der Waals surface area contributed by atoms with E-state index in [4.69, 9.17) is 5.84 Å². The first-order valence-corrected chi connectivity index (χ1v) is 9.37. The maximum atomic E-state index is 12.0. The van der Waals surface area contributed by atoms with Crippen LogP contribution < -0.4 is 21.1 Å². The van der Waals surface area contributed by atoms with Gasteiger partial charge in [0.2, 0.25) is 17.8 Å². The third kappa shape index (κ3) is 3.66. The molecule has 1 aliphatic heterocycles. The number of hydrazine groups is 1. The summed E-state index contributed by atoms with van der Waals surface area (Å²) in [5, 5.41) is -0.640. The molecule has 1 aromatic heterocycles. The molecule has 0 radical (unpaired) electrons. The van der Waals surface area contributed by atoms with Crippen molar-refractivity contribution in [1.29, 1.82) is 0 Å². The minimum atomic E-state index is -3.24. The number of anilines is 3. The summed E-state index contributed by atoms with van der Waals surface area (Å²) >= 11 is 1.61. The Morgan fingerprint density at radius 1 is 1.38 bits per heavy atom. The quantitative estimate of drug-likeness (QED) is 0.532. The van der Waals surface area contributed by atoms with Gasteiger partial charge in [-0.1, -0.05) is 0 Å². The van der Waals surface area contributed by atoms with Crippen molar-refractivity contribution in [2.24, 2.45) is 5.84 Å². The van der Waals surface area contributed by atoms with Crippen molar-refractivity contribution in [2.75, 3.05) is 53.6 Å². The van der Waals surface area contributed by atoms with Crippen molar-refractivity contribution >= 4 is 39.4 Å². The number of nitrogens with zero attached hydrogens (tertiary/aromatic N) is 5. The van der Waals surface area contributed by atoms with Crippen LogP contribution in [0.5, 0.6) is 0 Å². The predicted octanol–water partition coefficient (Wildman–Crippen LogP) is -0.853. The number of nitrogens with two attached hydrogens (primary N) is 1. The molecule has 0 bridgehead atoms. The van der Waals surface area contributed by atoms with E-state index in [1.165, 1.54) is 6.26 Å². The number of nitrogens with one attached hydrogen (secondary N) is 1. The third-order valence-corrected chi connectivity index (χ3v) is 5.62. The van der Waals surface area contributed by atoms with Gasteiger partial charge < -0.3 is 9.80 Å². The molecule has 1 atom stereocenters. The number of thioether (sulfide) groups is 1. The average Bonchev–Trinajstić information content (AvgIpc) is 2.45. The lowest BCUT2D eigenvalue weighted by Crippen LogP contribution is -2.48. The first kappa shape index (κ1) is 16.0. The normalized spacial score (nSPS) is 19.4. The van der Waals surface area contributed by atoms with Gasteiger partial charge >= 0.3 is 0 Å². The summed E-state index contributed by atoms with van der Waals surface area (Å²) in [5.74, 6) is 7.62. The summed E-state index contributed by atoms with van der Waals surface area (Å²) in [6, 6.07) is 0. The number of sulfone groups is 1. The summed E-state index contributed by atoms with van der Waals surface area (Å²) in [6.07, 6.45) is 1.23. The first-order chi connectivity index (χ1) is 9.82. The Balaban J connectivity index is 2.45. The lowest BCUT2D eigenvalue weighted by atomic mass is 10.5. The number of hydrogen-bond acceptors (Lipinski definition) is 10. The molecular formula is C10H19N7O2S2. The van der Waals surface area contributed by atoms with Crippen LogP contribution >= 0.6 is 11.8 Å². The summed E-state index contributed by atoms with van der Waals surface area (Å²) in [6.45, 7) is 0.559. The van der Waals surface area contributed by atoms with Crippen molar-refractivity contribution in [3.8, 4) is 0 Å². The first-order valence-electron chi connectivity index (χ1n) is 6.26. The SMILES string of the molecule is CN(C)c1nc(NN)nc(N2CCSCC2S(C)(=O)=O)n1. The standard InChI is InChI=1S/C10H19N7O2S2/c1-16(2)9-12-8(15-11)13-10(14-9)17-4-5-20-6-7(17)21(3,18)19/h7H,4-6,11H2,1-3H3,(H,12,13,14,15). The topological polar surface area (TPSA) is 117 Å². The molecule has 3 N–H and O–H groups in total. The Kier molecular flexibility index (Phi) is 4.74. The molecule has 2 rings (SSSR count). The highest BCUT2D eigenvalue weighted by molar-refractivity contribution is 8.01. The van der Waals surface area contributed by atoms with Crippen molar-refractivity contribution in [3.05, 3.63) is 0 Å². The van der Waals surface area contributed by atoms with Gasteiger partial charge in [-0.15, -0.1) is 0 Å². The van der Waals surface area contributed by atoms with Crippen LogP contribution in [0.15, 0.2) is 0 Å². The summed E-state index contributed by atoms with van der Waals surface area (Å²) in [7, 11) is 0.346. The Morgan fingerprint density at radius 3 is 2.67 bits per heavy atom. The molecule has 0 aliphatic carbocycles. The average molecular weight is 333 g/mol. The molecule has 0 amide bonds. The van der Waals surface area contributed by atoms with E-state index in [0.29, 0.717) is 24.2 Å². The number of hydrogen-bond donors (Lipinski definition) is 2. The van der Waals surface area contributed by atoms with E-state index in [-0.39, 0.29) is 5.95 Å². The van der Waals surface area contributed by atoms with E-state index < -0.39 is 15.2 Å². The van der Waals surface area contributed by atoms with Crippen LogP contribution in [0.4, 0.5) is 17.8 Å². The van der Waals surface area contributed by atoms with E-state index in [1.54, 1.807) is 35.7 Å². The minimum Gasteiger partial charge on any atom is -0.347 e. The zero-order valence-electron chi connectivity index (χ0n) is 12.1.